The van der Waals surface area contributed by atoms with Crippen molar-refractivity contribution in [2.45, 2.75) is 311 Å². The molecule has 0 aromatic heterocycles. The number of carbonyl (C=O) groups is 11. The van der Waals surface area contributed by atoms with Gasteiger partial charge in [0.25, 0.3) is 0 Å². The van der Waals surface area contributed by atoms with Crippen molar-refractivity contribution in [3.63, 3.8) is 0 Å². The number of nitrogens with one attached hydrogen (secondary N) is 8. The second-order valence-corrected chi connectivity index (χ2v) is 34.2. The van der Waals surface area contributed by atoms with Crippen LogP contribution >= 0.6 is 7.60 Å². The summed E-state index contributed by atoms with van der Waals surface area (Å²) >= 11 is 0. The minimum atomic E-state index is -3.77. The van der Waals surface area contributed by atoms with Crippen LogP contribution in [0.4, 0.5) is 0 Å². The highest BCUT2D eigenvalue weighted by Crippen LogP contribution is 2.38. The molecule has 4 aliphatic rings. The number of carbonyl (C=O) groups excluding carboxylic acids is 11. The minimum absolute atomic E-state index is 0.00686. The lowest BCUT2D eigenvalue weighted by molar-refractivity contribution is -0.270. The number of hydrogen-bond donors (Lipinski definition) is 19. The molecule has 4 fully saturated rings. The molecule has 0 aromatic rings. The monoisotopic (exact) mass is 1800 g/mol. The summed E-state index contributed by atoms with van der Waals surface area (Å²) in [5.74, 6) is -3.37. The summed E-state index contributed by atoms with van der Waals surface area (Å²) in [6, 6.07) is -3.78. The first-order valence-corrected chi connectivity index (χ1v) is 45.8. The van der Waals surface area contributed by atoms with Crippen LogP contribution in [-0.4, -0.2) is 361 Å². The second kappa shape index (κ2) is 62.2. The lowest BCUT2D eigenvalue weighted by atomic mass is 9.84. The summed E-state index contributed by atoms with van der Waals surface area (Å²) < 4.78 is 69.2. The maximum Gasteiger partial charge on any atom is 0.325 e. The Kier molecular flexibility index (Phi) is 55.4. The number of hydrogen-bond acceptors (Lipinski definition) is 32. The number of unbranched alkanes of at least 4 members (excludes halogenated alkanes) is 11. The molecule has 0 bridgehead atoms. The van der Waals surface area contributed by atoms with E-state index < -0.39 is 155 Å². The molecule has 0 aliphatic carbocycles. The number of ether oxygens (including phenoxy) is 9. The molecule has 124 heavy (non-hydrogen) atoms. The zero-order chi connectivity index (χ0) is 91.4. The molecule has 0 aromatic carbocycles. The molecule has 0 saturated carbocycles. The molecule has 4 rings (SSSR count). The largest absolute Gasteiger partial charge is 0.394 e. The van der Waals surface area contributed by atoms with Crippen molar-refractivity contribution in [2.75, 3.05) is 132 Å². The SMILES string of the molecule is CC(=O)NC1C(OCCCCC(=O)CCCCNC(=O)CCOCC(COCCC(=O)NCCCNC(=O)CCCCOC2OC(CO)C(O)C(O)C2NC(C)=O)(COCCC(=O)NCCCNC(=O)CCCCOC2OC(CO)C(O)C(O)C2NC(C)=O)CC(=O)CCCCCCCCCCC(=O)N2C[C@H](O)C[C@H]2COP(C)(=O)O)OC(CO)C(O)C1O. The van der Waals surface area contributed by atoms with Crippen molar-refractivity contribution in [1.82, 2.24) is 47.4 Å². The third-order valence-corrected chi connectivity index (χ3v) is 21.9. The number of aliphatic hydroxyl groups excluding tert-OH is 10. The second-order valence-electron chi connectivity index (χ2n) is 32.4. The highest BCUT2D eigenvalue weighted by Gasteiger charge is 2.48. The maximum atomic E-state index is 14.2. The Balaban J connectivity index is 1.31. The van der Waals surface area contributed by atoms with Crippen molar-refractivity contribution in [1.29, 1.82) is 0 Å². The van der Waals surface area contributed by atoms with Gasteiger partial charge in [-0.3, -0.25) is 57.3 Å². The fourth-order valence-corrected chi connectivity index (χ4v) is 14.9. The van der Waals surface area contributed by atoms with E-state index in [4.69, 9.17) is 47.2 Å². The van der Waals surface area contributed by atoms with Gasteiger partial charge in [0.15, 0.2) is 18.9 Å². The van der Waals surface area contributed by atoms with Gasteiger partial charge < -0.3 is 151 Å². The number of β-amino-alcohol motifs (C(OH)–C–C–N with tert-alkyl or cyclic N) is 1. The van der Waals surface area contributed by atoms with Gasteiger partial charge in [-0.05, 0) is 83.5 Å². The first-order valence-electron chi connectivity index (χ1n) is 43.8. The zero-order valence-corrected chi connectivity index (χ0v) is 73.4. The standard InChI is InChI=1S/C81H144N9O33P/c1-53(94)87-69-75(109)72(106)60(46-91)121-78(69)117-37-18-14-24-57(97)23-13-17-32-82-65(102)29-40-114-50-81(44-58(98)25-11-9-7-5-6-8-10-12-28-68(105)90-45-59(99)43-56(90)49-120-124(4,112)113,51-115-41-30-66(103)85-35-21-33-83-63(100)26-15-19-38-118-79-70(88-54(2)95)76(110)73(107)61(47-92)122-79)52-116-42-31-67(104)86-36-22-34-84-64(101)27-16-20-39-119-80-71(89-55(3)96)77(111)74(108)62(48-93)123-80/h56,59-62,69-80,91-93,99,106-111H,5-52H2,1-4H3,(H,82,102)(H,83,100)(H,84,101)(H,85,103)(H,86,104)(H,87,94)(H,88,95)(H,89,96)(H,112,113)/t56-,59+,60?,61?,62?,69?,70?,71?,72?,73?,74?,75?,76?,77?,78?,79?,80?,81?/m0/s1. The van der Waals surface area contributed by atoms with Gasteiger partial charge >= 0.3 is 7.60 Å². The molecule has 19 N–H and O–H groups in total. The van der Waals surface area contributed by atoms with Gasteiger partial charge in [-0.2, -0.15) is 0 Å². The van der Waals surface area contributed by atoms with Crippen LogP contribution in [0.1, 0.15) is 207 Å². The van der Waals surface area contributed by atoms with E-state index in [0.29, 0.717) is 77.0 Å². The van der Waals surface area contributed by atoms with E-state index in [9.17, 15) is 113 Å². The molecule has 18 atom stereocenters. The number of ketones is 2. The van der Waals surface area contributed by atoms with Gasteiger partial charge in [-0.1, -0.05) is 38.5 Å². The Morgan fingerprint density at radius 1 is 0.395 bits per heavy atom. The molecule has 42 nitrogen and oxygen atoms in total. The van der Waals surface area contributed by atoms with Crippen LogP contribution in [-0.2, 0) is 104 Å². The van der Waals surface area contributed by atoms with Gasteiger partial charge in [0, 0.05) is 156 Å². The smallest absolute Gasteiger partial charge is 0.325 e. The number of Topliss-reactive ketones (excluding diaryl/α,β-unsaturated/α-hetero) is 2. The fraction of sp³-hybridized carbons (Fsp3) is 0.864. The molecular formula is C81H144N9O33P. The Hall–Kier alpha value is -6.04. The van der Waals surface area contributed by atoms with Gasteiger partial charge in [-0.25, -0.2) is 0 Å². The van der Waals surface area contributed by atoms with Gasteiger partial charge in [0.1, 0.15) is 84.6 Å². The van der Waals surface area contributed by atoms with Crippen LogP contribution in [0.15, 0.2) is 0 Å². The van der Waals surface area contributed by atoms with Crippen LogP contribution in [0.5, 0.6) is 0 Å². The minimum Gasteiger partial charge on any atom is -0.394 e. The predicted octanol–water partition coefficient (Wildman–Crippen LogP) is -2.66. The Morgan fingerprint density at radius 3 is 1.06 bits per heavy atom. The van der Waals surface area contributed by atoms with E-state index in [1.807, 2.05) is 0 Å². The van der Waals surface area contributed by atoms with Crippen LogP contribution < -0.4 is 42.5 Å². The lowest BCUT2D eigenvalue weighted by Crippen LogP contribution is -2.64. The molecule has 4 aliphatic heterocycles. The normalized spacial score (nSPS) is 25.4. The summed E-state index contributed by atoms with van der Waals surface area (Å²) in [5, 5.41) is 123. The first kappa shape index (κ1) is 110. The van der Waals surface area contributed by atoms with Crippen molar-refractivity contribution < 1.29 is 160 Å². The van der Waals surface area contributed by atoms with E-state index in [2.05, 4.69) is 42.5 Å². The van der Waals surface area contributed by atoms with E-state index in [1.165, 1.54) is 25.7 Å². The molecule has 4 heterocycles. The van der Waals surface area contributed by atoms with Crippen LogP contribution in [0, 0.1) is 5.41 Å². The Labute approximate surface area is 725 Å². The molecule has 4 saturated heterocycles. The molecule has 0 radical (unpaired) electrons. The summed E-state index contributed by atoms with van der Waals surface area (Å²) in [6.45, 7) is 3.59. The van der Waals surface area contributed by atoms with Crippen LogP contribution in [0.2, 0.25) is 0 Å². The number of likely N-dealkylation sites (tertiary alicyclic amines) is 1. The molecule has 9 amide bonds. The Morgan fingerprint density at radius 2 is 0.710 bits per heavy atom. The van der Waals surface area contributed by atoms with Crippen LogP contribution in [0.25, 0.3) is 0 Å². The van der Waals surface area contributed by atoms with Crippen molar-refractivity contribution in [2.24, 2.45) is 5.41 Å². The molecule has 716 valence electrons. The summed E-state index contributed by atoms with van der Waals surface area (Å²) in [7, 11) is -3.77. The van der Waals surface area contributed by atoms with E-state index in [-0.39, 0.29) is 223 Å². The first-order chi connectivity index (χ1) is 59.2. The zero-order valence-electron chi connectivity index (χ0n) is 72.6. The van der Waals surface area contributed by atoms with Gasteiger partial charge in [-0.15, -0.1) is 0 Å². The van der Waals surface area contributed by atoms with Crippen molar-refractivity contribution in [3.8, 4) is 0 Å². The molecule has 0 spiro atoms. The van der Waals surface area contributed by atoms with E-state index in [0.717, 1.165) is 45.2 Å². The number of nitrogens with zero attached hydrogens (tertiary/aromatic N) is 1. The highest BCUT2D eigenvalue weighted by atomic mass is 31.2. The number of aliphatic hydroxyl groups is 10. The number of rotatable bonds is 68. The lowest BCUT2D eigenvalue weighted by Gasteiger charge is -2.42. The van der Waals surface area contributed by atoms with E-state index >= 15 is 0 Å². The molecular weight excluding hydrogens is 1660 g/mol. The fourth-order valence-electron chi connectivity index (χ4n) is 14.5. The topological polar surface area (TPSA) is 619 Å². The quantitative estimate of drug-likeness (QED) is 0.0218. The highest BCUT2D eigenvalue weighted by molar-refractivity contribution is 7.51. The summed E-state index contributed by atoms with van der Waals surface area (Å²) in [5.41, 5.74) is -1.20. The van der Waals surface area contributed by atoms with Gasteiger partial charge in [0.05, 0.1) is 78.2 Å². The average molecular weight is 1800 g/mol. The van der Waals surface area contributed by atoms with Crippen molar-refractivity contribution in [3.05, 3.63) is 0 Å². The third kappa shape index (κ3) is 45.3. The third-order valence-electron chi connectivity index (χ3n) is 21.3. The maximum absolute atomic E-state index is 14.2. The molecule has 43 heteroatoms. The molecule has 16 unspecified atom stereocenters. The van der Waals surface area contributed by atoms with Crippen molar-refractivity contribution >= 4 is 72.3 Å². The average Bonchev–Trinajstić information content (AvgIpc) is 1.01. The summed E-state index contributed by atoms with van der Waals surface area (Å²) in [6.07, 6.45) is -4.96. The van der Waals surface area contributed by atoms with Crippen LogP contribution in [0.3, 0.4) is 0 Å². The van der Waals surface area contributed by atoms with Gasteiger partial charge in [0.2, 0.25) is 53.2 Å². The number of amides is 9. The Bertz CT molecular complexity index is 2940. The predicted molar refractivity (Wildman–Crippen MR) is 441 cm³/mol. The summed E-state index contributed by atoms with van der Waals surface area (Å²) in [4.78, 5) is 151. The van der Waals surface area contributed by atoms with E-state index in [1.54, 1.807) is 0 Å².